The van der Waals surface area contributed by atoms with Crippen LogP contribution >= 0.6 is 0 Å². The molecule has 0 aromatic heterocycles. The molecule has 41 heavy (non-hydrogen) atoms. The second-order valence-corrected chi connectivity index (χ2v) is 11.3. The molecule has 0 unspecified atom stereocenters. The van der Waals surface area contributed by atoms with Gasteiger partial charge in [0.2, 0.25) is 17.7 Å². The van der Waals surface area contributed by atoms with Gasteiger partial charge in [0.25, 0.3) is 0 Å². The smallest absolute Gasteiger partial charge is 0.246 e. The number of likely N-dealkylation sites (N-methyl/N-ethyl adjacent to an activating group) is 2. The van der Waals surface area contributed by atoms with Crippen molar-refractivity contribution >= 4 is 28.5 Å². The van der Waals surface area contributed by atoms with Crippen LogP contribution < -0.4 is 11.1 Å². The van der Waals surface area contributed by atoms with Gasteiger partial charge in [0.1, 0.15) is 12.1 Å². The van der Waals surface area contributed by atoms with Crippen molar-refractivity contribution in [1.82, 2.24) is 15.1 Å². The lowest BCUT2D eigenvalue weighted by molar-refractivity contribution is -0.145. The summed E-state index contributed by atoms with van der Waals surface area (Å²) in [4.78, 5) is 42.8. The average Bonchev–Trinajstić information content (AvgIpc) is 2.96. The Hall–Kier alpha value is -3.97. The summed E-state index contributed by atoms with van der Waals surface area (Å²) in [5.41, 5.74) is 7.45. The molecule has 0 fully saturated rings. The SMILES string of the molecule is CCCNC(C)(C)C/C=C/C(=O)N(C)[C@H](Cc1ccc2ccccc2c1)C(=O)N(C)[C@H](Cc1ccccc1)C(N)=O. The van der Waals surface area contributed by atoms with E-state index in [-0.39, 0.29) is 17.4 Å². The summed E-state index contributed by atoms with van der Waals surface area (Å²) in [6.07, 6.45) is 5.66. The zero-order chi connectivity index (χ0) is 30.0. The number of nitrogens with zero attached hydrogens (tertiary/aromatic N) is 2. The van der Waals surface area contributed by atoms with E-state index in [1.807, 2.05) is 78.9 Å². The van der Waals surface area contributed by atoms with E-state index in [4.69, 9.17) is 5.73 Å². The summed E-state index contributed by atoms with van der Waals surface area (Å²) in [6, 6.07) is 21.8. The van der Waals surface area contributed by atoms with Crippen LogP contribution in [-0.2, 0) is 27.2 Å². The average molecular weight is 557 g/mol. The number of rotatable bonds is 14. The monoisotopic (exact) mass is 556 g/mol. The van der Waals surface area contributed by atoms with Crippen molar-refractivity contribution in [3.63, 3.8) is 0 Å². The van der Waals surface area contributed by atoms with Crippen molar-refractivity contribution in [1.29, 1.82) is 0 Å². The maximum Gasteiger partial charge on any atom is 0.246 e. The van der Waals surface area contributed by atoms with Crippen molar-refractivity contribution in [2.45, 2.75) is 64.1 Å². The number of carbonyl (C=O) groups is 3. The van der Waals surface area contributed by atoms with Crippen molar-refractivity contribution in [3.8, 4) is 0 Å². The van der Waals surface area contributed by atoms with E-state index >= 15 is 0 Å². The Balaban J connectivity index is 1.87. The normalized spacial score (nSPS) is 13.2. The van der Waals surface area contributed by atoms with Gasteiger partial charge in [-0.25, -0.2) is 0 Å². The van der Waals surface area contributed by atoms with Gasteiger partial charge in [0, 0.05) is 32.5 Å². The number of benzene rings is 3. The lowest BCUT2D eigenvalue weighted by atomic mass is 9.98. The third-order valence-electron chi connectivity index (χ3n) is 7.50. The summed E-state index contributed by atoms with van der Waals surface area (Å²) < 4.78 is 0. The molecule has 3 amide bonds. The zero-order valence-electron chi connectivity index (χ0n) is 25.0. The van der Waals surface area contributed by atoms with Crippen molar-refractivity contribution in [3.05, 3.63) is 96.1 Å². The van der Waals surface area contributed by atoms with Gasteiger partial charge in [-0.1, -0.05) is 85.8 Å². The third-order valence-corrected chi connectivity index (χ3v) is 7.50. The predicted molar refractivity (Wildman–Crippen MR) is 166 cm³/mol. The van der Waals surface area contributed by atoms with Crippen molar-refractivity contribution < 1.29 is 14.4 Å². The molecule has 0 radical (unpaired) electrons. The summed E-state index contributed by atoms with van der Waals surface area (Å²) in [5.74, 6) is -1.21. The van der Waals surface area contributed by atoms with E-state index < -0.39 is 18.0 Å². The van der Waals surface area contributed by atoms with Gasteiger partial charge >= 0.3 is 0 Å². The molecule has 218 valence electrons. The van der Waals surface area contributed by atoms with Crippen LogP contribution in [0.1, 0.15) is 44.7 Å². The Morgan fingerprint density at radius 2 is 1.49 bits per heavy atom. The number of nitrogens with two attached hydrogens (primary N) is 1. The van der Waals surface area contributed by atoms with Crippen LogP contribution in [0, 0.1) is 0 Å². The molecule has 0 aliphatic carbocycles. The van der Waals surface area contributed by atoms with Gasteiger partial charge in [0.15, 0.2) is 0 Å². The minimum absolute atomic E-state index is 0.155. The van der Waals surface area contributed by atoms with Gasteiger partial charge in [0.05, 0.1) is 0 Å². The summed E-state index contributed by atoms with van der Waals surface area (Å²) in [7, 11) is 3.23. The molecule has 7 nitrogen and oxygen atoms in total. The maximum atomic E-state index is 14.0. The Kier molecular flexibility index (Phi) is 11.2. The zero-order valence-corrected chi connectivity index (χ0v) is 25.0. The molecule has 3 aromatic carbocycles. The second-order valence-electron chi connectivity index (χ2n) is 11.3. The first-order valence-electron chi connectivity index (χ1n) is 14.3. The van der Waals surface area contributed by atoms with Gasteiger partial charge in [-0.15, -0.1) is 0 Å². The topological polar surface area (TPSA) is 95.7 Å². The van der Waals surface area contributed by atoms with Crippen LogP contribution in [0.3, 0.4) is 0 Å². The third kappa shape index (κ3) is 9.02. The standard InChI is InChI=1S/C34H44N4O3/c1-6-21-36-34(2,3)20-12-17-31(39)37(4)30(24-26-18-19-27-15-10-11-16-28(27)22-26)33(41)38(5)29(32(35)40)23-25-13-8-7-9-14-25/h7-19,22,29-30,36H,6,20-21,23-24H2,1-5H3,(H2,35,40)/b17-12+/t29-,30-/m1/s1. The summed E-state index contributed by atoms with van der Waals surface area (Å²) >= 11 is 0. The molecule has 0 spiro atoms. The molecule has 0 saturated heterocycles. The molecular formula is C34H44N4O3. The molecule has 2 atom stereocenters. The molecule has 0 heterocycles. The van der Waals surface area contributed by atoms with Crippen LogP contribution in [0.4, 0.5) is 0 Å². The maximum absolute atomic E-state index is 14.0. The number of hydrogen-bond acceptors (Lipinski definition) is 4. The molecular weight excluding hydrogens is 512 g/mol. The summed E-state index contributed by atoms with van der Waals surface area (Å²) in [5, 5.41) is 5.63. The first-order valence-corrected chi connectivity index (χ1v) is 14.3. The van der Waals surface area contributed by atoms with Gasteiger partial charge in [-0.3, -0.25) is 14.4 Å². The van der Waals surface area contributed by atoms with E-state index in [2.05, 4.69) is 26.1 Å². The lowest BCUT2D eigenvalue weighted by Gasteiger charge is -2.33. The Labute approximate surface area is 244 Å². The Morgan fingerprint density at radius 1 is 0.854 bits per heavy atom. The number of fused-ring (bicyclic) bond motifs is 1. The Bertz CT molecular complexity index is 1350. The van der Waals surface area contributed by atoms with Crippen LogP contribution in [0.15, 0.2) is 84.9 Å². The van der Waals surface area contributed by atoms with E-state index in [1.54, 1.807) is 14.1 Å². The quantitative estimate of drug-likeness (QED) is 0.286. The largest absolute Gasteiger partial charge is 0.368 e. The molecule has 0 aliphatic rings. The number of hydrogen-bond donors (Lipinski definition) is 2. The molecule has 7 heteroatoms. The second kappa shape index (κ2) is 14.6. The van der Waals surface area contributed by atoms with E-state index in [0.29, 0.717) is 19.3 Å². The highest BCUT2D eigenvalue weighted by Gasteiger charge is 2.34. The van der Waals surface area contributed by atoms with Crippen LogP contribution in [0.25, 0.3) is 10.8 Å². The van der Waals surface area contributed by atoms with Crippen LogP contribution in [0.2, 0.25) is 0 Å². The fraction of sp³-hybridized carbons (Fsp3) is 0.382. The number of carbonyl (C=O) groups excluding carboxylic acids is 3. The van der Waals surface area contributed by atoms with Gasteiger partial charge in [-0.05, 0) is 61.2 Å². The molecule has 0 bridgehead atoms. The molecule has 3 N–H and O–H groups in total. The van der Waals surface area contributed by atoms with E-state index in [0.717, 1.165) is 34.9 Å². The highest BCUT2D eigenvalue weighted by atomic mass is 16.2. The number of amides is 3. The van der Waals surface area contributed by atoms with Gasteiger partial charge in [-0.2, -0.15) is 0 Å². The van der Waals surface area contributed by atoms with Crippen molar-refractivity contribution in [2.24, 2.45) is 5.73 Å². The minimum Gasteiger partial charge on any atom is -0.368 e. The lowest BCUT2D eigenvalue weighted by Crippen LogP contribution is -2.55. The van der Waals surface area contributed by atoms with Crippen molar-refractivity contribution in [2.75, 3.05) is 20.6 Å². The van der Waals surface area contributed by atoms with E-state index in [9.17, 15) is 14.4 Å². The molecule has 3 aromatic rings. The van der Waals surface area contributed by atoms with Crippen LogP contribution in [0.5, 0.6) is 0 Å². The van der Waals surface area contributed by atoms with E-state index in [1.165, 1.54) is 15.9 Å². The number of primary amides is 1. The fourth-order valence-electron chi connectivity index (χ4n) is 4.89. The molecule has 0 aliphatic heterocycles. The molecule has 3 rings (SSSR count). The fourth-order valence-corrected chi connectivity index (χ4v) is 4.89. The highest BCUT2D eigenvalue weighted by molar-refractivity contribution is 5.95. The molecule has 0 saturated carbocycles. The first-order chi connectivity index (χ1) is 19.5. The van der Waals surface area contributed by atoms with Gasteiger partial charge < -0.3 is 20.9 Å². The minimum atomic E-state index is -0.853. The highest BCUT2D eigenvalue weighted by Crippen LogP contribution is 2.20. The number of nitrogens with one attached hydrogen (secondary N) is 1. The predicted octanol–water partition coefficient (Wildman–Crippen LogP) is 4.49. The van der Waals surface area contributed by atoms with Crippen LogP contribution in [-0.4, -0.2) is 65.8 Å². The Morgan fingerprint density at radius 3 is 2.15 bits per heavy atom. The first kappa shape index (κ1) is 31.6. The summed E-state index contributed by atoms with van der Waals surface area (Å²) in [6.45, 7) is 7.20.